The molecule has 0 heterocycles. The minimum absolute atomic E-state index is 0.528. The molecule has 0 aliphatic rings. The zero-order valence-corrected chi connectivity index (χ0v) is 16.8. The number of nitrogens with one attached hydrogen (secondary N) is 2. The summed E-state index contributed by atoms with van der Waals surface area (Å²) < 4.78 is 16.1. The molecule has 0 saturated carbocycles. The second-order valence-corrected chi connectivity index (χ2v) is 6.05. The van der Waals surface area contributed by atoms with Gasteiger partial charge in [-0.05, 0) is 43.2 Å². The Balaban J connectivity index is 2.08. The molecule has 0 aromatic heterocycles. The highest BCUT2D eigenvalue weighted by molar-refractivity contribution is 5.79. The summed E-state index contributed by atoms with van der Waals surface area (Å²) in [6.07, 6.45) is 0. The van der Waals surface area contributed by atoms with Crippen LogP contribution in [-0.2, 0) is 13.1 Å². The summed E-state index contributed by atoms with van der Waals surface area (Å²) in [6, 6.07) is 12.0. The molecule has 0 aliphatic heterocycles. The van der Waals surface area contributed by atoms with Gasteiger partial charge < -0.3 is 24.8 Å². The molecule has 2 aromatic rings. The summed E-state index contributed by atoms with van der Waals surface area (Å²) in [6.45, 7) is 6.03. The van der Waals surface area contributed by atoms with Gasteiger partial charge in [0.1, 0.15) is 5.75 Å². The molecule has 0 radical (unpaired) electrons. The SMILES string of the molecule is CCNC(=NCc1ccc(OC)c(OC)c1)NCc1ccc(C)cc1OC. The van der Waals surface area contributed by atoms with Gasteiger partial charge in [0.05, 0.1) is 27.9 Å². The lowest BCUT2D eigenvalue weighted by Crippen LogP contribution is -2.36. The van der Waals surface area contributed by atoms with Crippen molar-refractivity contribution in [1.82, 2.24) is 10.6 Å². The van der Waals surface area contributed by atoms with Crippen LogP contribution >= 0.6 is 0 Å². The van der Waals surface area contributed by atoms with Crippen molar-refractivity contribution in [3.8, 4) is 17.2 Å². The van der Waals surface area contributed by atoms with E-state index in [1.165, 1.54) is 5.56 Å². The van der Waals surface area contributed by atoms with Gasteiger partial charge in [0.2, 0.25) is 0 Å². The number of nitrogens with zero attached hydrogens (tertiary/aromatic N) is 1. The van der Waals surface area contributed by atoms with Gasteiger partial charge in [0.25, 0.3) is 0 Å². The summed E-state index contributed by atoms with van der Waals surface area (Å²) >= 11 is 0. The summed E-state index contributed by atoms with van der Waals surface area (Å²) in [7, 11) is 4.95. The van der Waals surface area contributed by atoms with E-state index in [4.69, 9.17) is 14.2 Å². The van der Waals surface area contributed by atoms with E-state index in [9.17, 15) is 0 Å². The molecule has 0 spiro atoms. The first-order chi connectivity index (χ1) is 13.1. The number of ether oxygens (including phenoxy) is 3. The zero-order valence-electron chi connectivity index (χ0n) is 16.8. The maximum Gasteiger partial charge on any atom is 0.191 e. The summed E-state index contributed by atoms with van der Waals surface area (Å²) in [4.78, 5) is 4.66. The number of hydrogen-bond acceptors (Lipinski definition) is 4. The normalized spacial score (nSPS) is 11.1. The largest absolute Gasteiger partial charge is 0.496 e. The Kier molecular flexibility index (Phi) is 7.79. The van der Waals surface area contributed by atoms with Gasteiger partial charge in [0, 0.05) is 18.7 Å². The van der Waals surface area contributed by atoms with Crippen LogP contribution in [0.2, 0.25) is 0 Å². The third-order valence-corrected chi connectivity index (χ3v) is 4.10. The van der Waals surface area contributed by atoms with E-state index in [0.29, 0.717) is 24.6 Å². The number of benzene rings is 2. The van der Waals surface area contributed by atoms with Gasteiger partial charge in [-0.2, -0.15) is 0 Å². The molecule has 2 rings (SSSR count). The number of methoxy groups -OCH3 is 3. The van der Waals surface area contributed by atoms with E-state index in [0.717, 1.165) is 29.4 Å². The Morgan fingerprint density at radius 1 is 0.889 bits per heavy atom. The van der Waals surface area contributed by atoms with Crippen molar-refractivity contribution >= 4 is 5.96 Å². The van der Waals surface area contributed by atoms with Crippen LogP contribution in [0.3, 0.4) is 0 Å². The Labute approximate surface area is 161 Å². The number of hydrogen-bond donors (Lipinski definition) is 2. The molecule has 0 saturated heterocycles. The van der Waals surface area contributed by atoms with Crippen molar-refractivity contribution in [2.24, 2.45) is 4.99 Å². The average molecular weight is 371 g/mol. The van der Waals surface area contributed by atoms with Gasteiger partial charge in [-0.1, -0.05) is 18.2 Å². The molecule has 0 aliphatic carbocycles. The molecular formula is C21H29N3O3. The van der Waals surface area contributed by atoms with Crippen molar-refractivity contribution in [2.45, 2.75) is 26.9 Å². The van der Waals surface area contributed by atoms with E-state index in [-0.39, 0.29) is 0 Å². The van der Waals surface area contributed by atoms with E-state index < -0.39 is 0 Å². The Morgan fingerprint density at radius 2 is 1.63 bits per heavy atom. The van der Waals surface area contributed by atoms with Gasteiger partial charge in [-0.3, -0.25) is 0 Å². The highest BCUT2D eigenvalue weighted by Crippen LogP contribution is 2.27. The van der Waals surface area contributed by atoms with E-state index in [1.54, 1.807) is 21.3 Å². The van der Waals surface area contributed by atoms with Crippen LogP contribution in [0.1, 0.15) is 23.6 Å². The maximum atomic E-state index is 5.47. The standard InChI is InChI=1S/C21H29N3O3/c1-6-22-21(24-14-17-9-7-15(2)11-19(17)26-4)23-13-16-8-10-18(25-3)20(12-16)27-5/h7-12H,6,13-14H2,1-5H3,(H2,22,23,24). The van der Waals surface area contributed by atoms with Gasteiger partial charge in [-0.15, -0.1) is 0 Å². The quantitative estimate of drug-likeness (QED) is 0.551. The molecule has 0 atom stereocenters. The van der Waals surface area contributed by atoms with Crippen molar-refractivity contribution in [3.05, 3.63) is 53.1 Å². The number of rotatable bonds is 8. The number of aryl methyl sites for hydroxylation is 1. The van der Waals surface area contributed by atoms with Gasteiger partial charge in [-0.25, -0.2) is 4.99 Å². The first-order valence-electron chi connectivity index (χ1n) is 8.97. The first kappa shape index (κ1) is 20.4. The Bertz CT molecular complexity index is 775. The second kappa shape index (κ2) is 10.3. The predicted octanol–water partition coefficient (Wildman–Crippen LogP) is 3.28. The number of guanidine groups is 1. The minimum atomic E-state index is 0.528. The third-order valence-electron chi connectivity index (χ3n) is 4.10. The van der Waals surface area contributed by atoms with Gasteiger partial charge >= 0.3 is 0 Å². The lowest BCUT2D eigenvalue weighted by atomic mass is 10.1. The zero-order chi connectivity index (χ0) is 19.6. The molecule has 2 N–H and O–H groups in total. The van der Waals surface area contributed by atoms with Crippen molar-refractivity contribution in [2.75, 3.05) is 27.9 Å². The monoisotopic (exact) mass is 371 g/mol. The molecule has 146 valence electrons. The van der Waals surface area contributed by atoms with E-state index >= 15 is 0 Å². The maximum absolute atomic E-state index is 5.47. The first-order valence-corrected chi connectivity index (χ1v) is 8.97. The van der Waals surface area contributed by atoms with Crippen LogP contribution in [0.15, 0.2) is 41.4 Å². The third kappa shape index (κ3) is 5.81. The summed E-state index contributed by atoms with van der Waals surface area (Å²) in [5, 5.41) is 6.62. The van der Waals surface area contributed by atoms with Crippen molar-refractivity contribution in [3.63, 3.8) is 0 Å². The molecule has 0 amide bonds. The highest BCUT2D eigenvalue weighted by atomic mass is 16.5. The highest BCUT2D eigenvalue weighted by Gasteiger charge is 2.06. The fraction of sp³-hybridized carbons (Fsp3) is 0.381. The molecular weight excluding hydrogens is 342 g/mol. The van der Waals surface area contributed by atoms with Gasteiger partial charge in [0.15, 0.2) is 17.5 Å². The molecule has 6 nitrogen and oxygen atoms in total. The van der Waals surface area contributed by atoms with Crippen molar-refractivity contribution < 1.29 is 14.2 Å². The van der Waals surface area contributed by atoms with E-state index in [2.05, 4.69) is 27.8 Å². The second-order valence-electron chi connectivity index (χ2n) is 6.05. The topological polar surface area (TPSA) is 64.1 Å². The molecule has 27 heavy (non-hydrogen) atoms. The van der Waals surface area contributed by atoms with Crippen LogP contribution in [0.4, 0.5) is 0 Å². The smallest absolute Gasteiger partial charge is 0.191 e. The van der Waals surface area contributed by atoms with Crippen LogP contribution in [0, 0.1) is 6.92 Å². The van der Waals surface area contributed by atoms with E-state index in [1.807, 2.05) is 38.1 Å². The minimum Gasteiger partial charge on any atom is -0.496 e. The fourth-order valence-electron chi connectivity index (χ4n) is 2.67. The predicted molar refractivity (Wildman–Crippen MR) is 109 cm³/mol. The summed E-state index contributed by atoms with van der Waals surface area (Å²) in [5.74, 6) is 3.03. The molecule has 2 aromatic carbocycles. The summed E-state index contributed by atoms with van der Waals surface area (Å²) in [5.41, 5.74) is 3.29. The van der Waals surface area contributed by atoms with Crippen LogP contribution in [-0.4, -0.2) is 33.8 Å². The number of aliphatic imine (C=N–C) groups is 1. The molecule has 0 bridgehead atoms. The van der Waals surface area contributed by atoms with Crippen LogP contribution in [0.25, 0.3) is 0 Å². The Morgan fingerprint density at radius 3 is 2.30 bits per heavy atom. The lowest BCUT2D eigenvalue weighted by Gasteiger charge is -2.14. The van der Waals surface area contributed by atoms with Crippen molar-refractivity contribution in [1.29, 1.82) is 0 Å². The molecule has 0 fully saturated rings. The molecule has 0 unspecified atom stereocenters. The Hall–Kier alpha value is -2.89. The van der Waals surface area contributed by atoms with Crippen LogP contribution in [0.5, 0.6) is 17.2 Å². The average Bonchev–Trinajstić information content (AvgIpc) is 2.70. The lowest BCUT2D eigenvalue weighted by molar-refractivity contribution is 0.354. The molecule has 6 heteroatoms. The van der Waals surface area contributed by atoms with Crippen LogP contribution < -0.4 is 24.8 Å². The fourth-order valence-corrected chi connectivity index (χ4v) is 2.67.